The van der Waals surface area contributed by atoms with Crippen LogP contribution in [0.15, 0.2) is 24.3 Å². The van der Waals surface area contributed by atoms with Crippen LogP contribution in [0.25, 0.3) is 0 Å². The Balaban J connectivity index is 3.63. The van der Waals surface area contributed by atoms with E-state index in [4.69, 9.17) is 4.74 Å². The quantitative estimate of drug-likeness (QED) is 0.336. The van der Waals surface area contributed by atoms with E-state index in [2.05, 4.69) is 0 Å². The molecule has 0 saturated heterocycles. The van der Waals surface area contributed by atoms with Gasteiger partial charge in [-0.15, -0.1) is 0 Å². The summed E-state index contributed by atoms with van der Waals surface area (Å²) < 4.78 is 216. The van der Waals surface area contributed by atoms with E-state index in [-0.39, 0.29) is 24.5 Å². The Kier molecular flexibility index (Phi) is 7.73. The molecule has 0 aliphatic carbocycles. The Labute approximate surface area is 184 Å². The minimum absolute atomic E-state index is 0.0982. The average molecular weight is 552 g/mol. The van der Waals surface area contributed by atoms with Gasteiger partial charge in [0.15, 0.2) is 5.60 Å². The Morgan fingerprint density at radius 2 is 1.00 bits per heavy atom. The Morgan fingerprint density at radius 1 is 0.600 bits per heavy atom. The molecule has 1 aromatic rings. The molecule has 0 saturated carbocycles. The van der Waals surface area contributed by atoms with E-state index < -0.39 is 59.6 Å². The first-order chi connectivity index (χ1) is 15.2. The fourth-order valence-electron chi connectivity index (χ4n) is 2.59. The van der Waals surface area contributed by atoms with Crippen LogP contribution in [0.1, 0.15) is 18.9 Å². The fourth-order valence-corrected chi connectivity index (χ4v) is 2.59. The van der Waals surface area contributed by atoms with E-state index in [1.165, 1.54) is 6.92 Å². The smallest absolute Gasteiger partial charge is 0.460 e. The van der Waals surface area contributed by atoms with Gasteiger partial charge in [0.1, 0.15) is 5.75 Å². The van der Waals surface area contributed by atoms with Crippen molar-refractivity contribution in [1.82, 2.24) is 0 Å². The van der Waals surface area contributed by atoms with Crippen LogP contribution < -0.4 is 4.74 Å². The zero-order valence-electron chi connectivity index (χ0n) is 16.6. The normalized spacial score (nSPS) is 16.7. The second-order valence-electron chi connectivity index (χ2n) is 6.99. The highest BCUT2D eigenvalue weighted by atomic mass is 19.4. The van der Waals surface area contributed by atoms with Crippen LogP contribution in [-0.2, 0) is 5.60 Å². The number of benzene rings is 1. The minimum Gasteiger partial charge on any atom is -0.494 e. The molecule has 0 aliphatic heterocycles. The molecule has 1 rings (SSSR count). The van der Waals surface area contributed by atoms with Crippen LogP contribution >= 0.6 is 0 Å². The number of ether oxygens (including phenoxy) is 1. The molecule has 0 fully saturated rings. The predicted octanol–water partition coefficient (Wildman–Crippen LogP) is 6.96. The van der Waals surface area contributed by atoms with E-state index in [0.717, 1.165) is 0 Å². The predicted molar refractivity (Wildman–Crippen MR) is 83.0 cm³/mol. The SMILES string of the molecule is CCOc1ccc(C(O)(CC(F)(F)C(F)(F)C(F)(F)C(F)(F)C(F)(F)C(F)(F)F)C(F)(F)F)cc1. The fraction of sp³-hybridized carbons (Fsp3) is 0.647. The average Bonchev–Trinajstić information content (AvgIpc) is 2.66. The zero-order valence-corrected chi connectivity index (χ0v) is 16.6. The van der Waals surface area contributed by atoms with Crippen LogP contribution in [-0.4, -0.2) is 53.7 Å². The molecule has 0 radical (unpaired) electrons. The van der Waals surface area contributed by atoms with Crippen LogP contribution in [0.3, 0.4) is 0 Å². The van der Waals surface area contributed by atoms with Crippen molar-refractivity contribution in [1.29, 1.82) is 0 Å². The van der Waals surface area contributed by atoms with Crippen molar-refractivity contribution >= 4 is 0 Å². The molecule has 0 amide bonds. The second kappa shape index (κ2) is 8.76. The molecule has 1 atom stereocenters. The van der Waals surface area contributed by atoms with Crippen molar-refractivity contribution < 1.29 is 80.1 Å². The molecule has 1 unspecified atom stereocenters. The van der Waals surface area contributed by atoms with Gasteiger partial charge in [-0.05, 0) is 24.6 Å². The number of rotatable bonds is 9. The third-order valence-electron chi connectivity index (χ3n) is 4.59. The summed E-state index contributed by atoms with van der Waals surface area (Å²) in [6, 6.07) is 1.44. The van der Waals surface area contributed by atoms with Gasteiger partial charge in [-0.1, -0.05) is 12.1 Å². The number of hydrogen-bond donors (Lipinski definition) is 1. The van der Waals surface area contributed by atoms with Gasteiger partial charge in [-0.2, -0.15) is 70.2 Å². The molecular weight excluding hydrogens is 540 g/mol. The van der Waals surface area contributed by atoms with Crippen molar-refractivity contribution in [3.63, 3.8) is 0 Å². The summed E-state index contributed by atoms with van der Waals surface area (Å²) in [5.41, 5.74) is -6.94. The van der Waals surface area contributed by atoms with Crippen molar-refractivity contribution in [2.75, 3.05) is 6.61 Å². The van der Waals surface area contributed by atoms with Crippen LogP contribution in [0.5, 0.6) is 5.75 Å². The molecule has 0 aliphatic rings. The summed E-state index contributed by atoms with van der Waals surface area (Å²) >= 11 is 0. The maximum atomic E-state index is 14.0. The highest BCUT2D eigenvalue weighted by molar-refractivity contribution is 5.32. The summed E-state index contributed by atoms with van der Waals surface area (Å²) in [5, 5.41) is 9.76. The van der Waals surface area contributed by atoms with Crippen molar-refractivity contribution in [2.45, 2.75) is 60.9 Å². The first-order valence-electron chi connectivity index (χ1n) is 8.73. The topological polar surface area (TPSA) is 29.5 Å². The molecule has 0 spiro atoms. The van der Waals surface area contributed by atoms with E-state index in [0.29, 0.717) is 12.1 Å². The van der Waals surface area contributed by atoms with Gasteiger partial charge in [0.2, 0.25) is 0 Å². The first-order valence-corrected chi connectivity index (χ1v) is 8.73. The third-order valence-corrected chi connectivity index (χ3v) is 4.59. The molecule has 0 heterocycles. The largest absolute Gasteiger partial charge is 0.494 e. The van der Waals surface area contributed by atoms with Crippen LogP contribution in [0, 0.1) is 0 Å². The molecule has 0 bridgehead atoms. The van der Waals surface area contributed by atoms with Gasteiger partial charge >= 0.3 is 42.0 Å². The van der Waals surface area contributed by atoms with Gasteiger partial charge in [-0.3, -0.25) is 0 Å². The Hall–Kier alpha value is -2.14. The number of alkyl halides is 16. The molecule has 35 heavy (non-hydrogen) atoms. The molecule has 1 aromatic carbocycles. The Bertz CT molecular complexity index is 872. The summed E-state index contributed by atoms with van der Waals surface area (Å²) in [5.74, 6) is -40.0. The molecule has 204 valence electrons. The molecule has 0 aromatic heterocycles. The highest BCUT2D eigenvalue weighted by Crippen LogP contribution is 2.62. The van der Waals surface area contributed by atoms with Crippen LogP contribution in [0.4, 0.5) is 70.2 Å². The number of halogens is 16. The molecule has 1 N–H and O–H groups in total. The van der Waals surface area contributed by atoms with Crippen molar-refractivity contribution in [2.24, 2.45) is 0 Å². The van der Waals surface area contributed by atoms with E-state index in [1.54, 1.807) is 0 Å². The zero-order chi connectivity index (χ0) is 28.1. The highest BCUT2D eigenvalue weighted by Gasteiger charge is 2.91. The summed E-state index contributed by atoms with van der Waals surface area (Å²) in [6.45, 7) is 1.28. The van der Waals surface area contributed by atoms with Gasteiger partial charge in [0.25, 0.3) is 0 Å². The van der Waals surface area contributed by atoms with Gasteiger partial charge < -0.3 is 9.84 Å². The monoisotopic (exact) mass is 552 g/mol. The number of hydrogen-bond acceptors (Lipinski definition) is 2. The lowest BCUT2D eigenvalue weighted by molar-refractivity contribution is -0.443. The number of aliphatic hydroxyl groups is 1. The van der Waals surface area contributed by atoms with Gasteiger partial charge in [0, 0.05) is 0 Å². The van der Waals surface area contributed by atoms with Crippen LogP contribution in [0.2, 0.25) is 0 Å². The molecule has 18 heteroatoms. The third kappa shape index (κ3) is 4.81. The molecule has 2 nitrogen and oxygen atoms in total. The maximum absolute atomic E-state index is 14.0. The lowest BCUT2D eigenvalue weighted by Gasteiger charge is -2.42. The first kappa shape index (κ1) is 30.9. The van der Waals surface area contributed by atoms with E-state index in [1.807, 2.05) is 0 Å². The lowest BCUT2D eigenvalue weighted by atomic mass is 9.82. The summed E-state index contributed by atoms with van der Waals surface area (Å²) in [6.07, 6.45) is -18.0. The minimum atomic E-state index is -8.28. The standard InChI is InChI=1S/C17H12F16O2/c1-2-35-9-5-3-8(4-6-9)10(34,16(28,29)30)7-11(18,19)12(20,21)13(22,23)14(24,25)15(26,27)17(31,32)33/h3-6,34H,2,7H2,1H3. The van der Waals surface area contributed by atoms with Crippen molar-refractivity contribution in [3.05, 3.63) is 29.8 Å². The maximum Gasteiger partial charge on any atom is 0.460 e. The Morgan fingerprint density at radius 3 is 1.34 bits per heavy atom. The van der Waals surface area contributed by atoms with Gasteiger partial charge in [-0.25, -0.2) is 0 Å². The lowest BCUT2D eigenvalue weighted by Crippen LogP contribution is -2.70. The van der Waals surface area contributed by atoms with Crippen molar-refractivity contribution in [3.8, 4) is 5.75 Å². The van der Waals surface area contributed by atoms with E-state index >= 15 is 0 Å². The van der Waals surface area contributed by atoms with Gasteiger partial charge in [0.05, 0.1) is 13.0 Å². The summed E-state index contributed by atoms with van der Waals surface area (Å²) in [4.78, 5) is 0. The van der Waals surface area contributed by atoms with E-state index in [9.17, 15) is 75.4 Å². The molecular formula is C17H12F16O2. The second-order valence-corrected chi connectivity index (χ2v) is 6.99. The summed E-state index contributed by atoms with van der Waals surface area (Å²) in [7, 11) is 0.